The van der Waals surface area contributed by atoms with Crippen molar-refractivity contribution in [1.82, 2.24) is 4.98 Å². The van der Waals surface area contributed by atoms with Gasteiger partial charge in [0.25, 0.3) is 0 Å². The maximum absolute atomic E-state index is 5.81. The minimum Gasteiger partial charge on any atom is -0.399 e. The summed E-state index contributed by atoms with van der Waals surface area (Å²) in [6.07, 6.45) is 2.96. The molecule has 0 bridgehead atoms. The van der Waals surface area contributed by atoms with Crippen LogP contribution in [0.3, 0.4) is 0 Å². The number of nitrogens with zero attached hydrogens (tertiary/aromatic N) is 2. The van der Waals surface area contributed by atoms with Gasteiger partial charge in [-0.05, 0) is 18.1 Å². The minimum absolute atomic E-state index is 0.606. The van der Waals surface area contributed by atoms with E-state index < -0.39 is 0 Å². The van der Waals surface area contributed by atoms with Gasteiger partial charge in [-0.25, -0.2) is 4.98 Å². The van der Waals surface area contributed by atoms with Crippen LogP contribution in [0.2, 0.25) is 0 Å². The highest BCUT2D eigenvalue weighted by Gasteiger charge is 2.24. The molecule has 3 nitrogen and oxygen atoms in total. The summed E-state index contributed by atoms with van der Waals surface area (Å²) >= 11 is 0. The molecule has 0 spiro atoms. The van der Waals surface area contributed by atoms with Crippen molar-refractivity contribution in [3.05, 3.63) is 54.2 Å². The molecule has 1 atom stereocenters. The van der Waals surface area contributed by atoms with E-state index in [9.17, 15) is 0 Å². The molecule has 0 radical (unpaired) electrons. The van der Waals surface area contributed by atoms with Crippen LogP contribution in [0.4, 0.5) is 11.5 Å². The van der Waals surface area contributed by atoms with E-state index in [1.165, 1.54) is 12.0 Å². The van der Waals surface area contributed by atoms with E-state index in [1.54, 1.807) is 6.20 Å². The molecule has 1 aliphatic rings. The van der Waals surface area contributed by atoms with Crippen LogP contribution in [0.15, 0.2) is 48.7 Å². The van der Waals surface area contributed by atoms with E-state index in [4.69, 9.17) is 5.73 Å². The first-order valence-corrected chi connectivity index (χ1v) is 6.34. The summed E-state index contributed by atoms with van der Waals surface area (Å²) in [5, 5.41) is 0. The number of rotatable bonds is 2. The lowest BCUT2D eigenvalue weighted by molar-refractivity contribution is 0.774. The third-order valence-corrected chi connectivity index (χ3v) is 3.55. The number of benzene rings is 1. The Morgan fingerprint density at radius 3 is 2.78 bits per heavy atom. The van der Waals surface area contributed by atoms with Crippen LogP contribution in [0.5, 0.6) is 0 Å². The van der Waals surface area contributed by atoms with Gasteiger partial charge in [-0.2, -0.15) is 0 Å². The monoisotopic (exact) mass is 239 g/mol. The number of aromatic nitrogens is 1. The Bertz CT molecular complexity index is 524. The van der Waals surface area contributed by atoms with Gasteiger partial charge in [-0.3, -0.25) is 0 Å². The molecule has 92 valence electrons. The van der Waals surface area contributed by atoms with Crippen LogP contribution in [0.1, 0.15) is 17.9 Å². The number of anilines is 2. The van der Waals surface area contributed by atoms with E-state index >= 15 is 0 Å². The van der Waals surface area contributed by atoms with Crippen LogP contribution in [0.25, 0.3) is 0 Å². The minimum atomic E-state index is 0.606. The summed E-state index contributed by atoms with van der Waals surface area (Å²) in [6, 6.07) is 14.5. The van der Waals surface area contributed by atoms with Crippen LogP contribution in [0, 0.1) is 0 Å². The fourth-order valence-corrected chi connectivity index (χ4v) is 2.57. The molecule has 1 aromatic heterocycles. The molecule has 3 rings (SSSR count). The summed E-state index contributed by atoms with van der Waals surface area (Å²) in [6.45, 7) is 2.08. The summed E-state index contributed by atoms with van der Waals surface area (Å²) in [7, 11) is 0. The van der Waals surface area contributed by atoms with Crippen molar-refractivity contribution in [3.63, 3.8) is 0 Å². The molecule has 0 saturated carbocycles. The molecule has 1 aromatic carbocycles. The van der Waals surface area contributed by atoms with Gasteiger partial charge in [-0.15, -0.1) is 0 Å². The quantitative estimate of drug-likeness (QED) is 0.876. The number of hydrogen-bond donors (Lipinski definition) is 1. The number of pyridine rings is 1. The standard InChI is InChI=1S/C15H17N3/c16-14-6-8-17-15(10-14)18-9-7-13(11-18)12-4-2-1-3-5-12/h1-6,8,10,13H,7,9,11H2,(H2,16,17). The highest BCUT2D eigenvalue weighted by molar-refractivity contribution is 5.51. The van der Waals surface area contributed by atoms with E-state index in [1.807, 2.05) is 12.1 Å². The predicted molar refractivity (Wildman–Crippen MR) is 74.7 cm³/mol. The van der Waals surface area contributed by atoms with Crippen LogP contribution in [-0.4, -0.2) is 18.1 Å². The van der Waals surface area contributed by atoms with Gasteiger partial charge in [0.15, 0.2) is 0 Å². The number of hydrogen-bond acceptors (Lipinski definition) is 3. The average Bonchev–Trinajstić information content (AvgIpc) is 2.89. The van der Waals surface area contributed by atoms with Crippen LogP contribution < -0.4 is 10.6 Å². The molecule has 0 amide bonds. The lowest BCUT2D eigenvalue weighted by atomic mass is 9.99. The van der Waals surface area contributed by atoms with Crippen LogP contribution >= 0.6 is 0 Å². The normalized spacial score (nSPS) is 19.1. The first-order chi connectivity index (χ1) is 8.83. The Balaban J connectivity index is 1.76. The van der Waals surface area contributed by atoms with Crippen molar-refractivity contribution in [2.75, 3.05) is 23.7 Å². The third kappa shape index (κ3) is 2.16. The Morgan fingerprint density at radius 2 is 2.00 bits per heavy atom. The van der Waals surface area contributed by atoms with Crippen molar-refractivity contribution in [2.24, 2.45) is 0 Å². The average molecular weight is 239 g/mol. The van der Waals surface area contributed by atoms with Gasteiger partial charge < -0.3 is 10.6 Å². The molecule has 0 aliphatic carbocycles. The molecule has 2 aromatic rings. The summed E-state index contributed by atoms with van der Waals surface area (Å²) < 4.78 is 0. The fraction of sp³-hybridized carbons (Fsp3) is 0.267. The summed E-state index contributed by atoms with van der Waals surface area (Å²) in [5.41, 5.74) is 8.01. The van der Waals surface area contributed by atoms with Crippen molar-refractivity contribution in [3.8, 4) is 0 Å². The van der Waals surface area contributed by atoms with Gasteiger partial charge in [0.05, 0.1) is 0 Å². The zero-order valence-corrected chi connectivity index (χ0v) is 10.3. The number of nitrogen functional groups attached to an aromatic ring is 1. The van der Waals surface area contributed by atoms with Gasteiger partial charge in [0.2, 0.25) is 0 Å². The molecular weight excluding hydrogens is 222 g/mol. The lowest BCUT2D eigenvalue weighted by Crippen LogP contribution is -2.20. The number of nitrogens with two attached hydrogens (primary N) is 1. The topological polar surface area (TPSA) is 42.1 Å². The third-order valence-electron chi connectivity index (χ3n) is 3.55. The fourth-order valence-electron chi connectivity index (χ4n) is 2.57. The van der Waals surface area contributed by atoms with E-state index in [0.29, 0.717) is 5.92 Å². The largest absolute Gasteiger partial charge is 0.399 e. The smallest absolute Gasteiger partial charge is 0.130 e. The Hall–Kier alpha value is -2.03. The zero-order valence-electron chi connectivity index (χ0n) is 10.3. The summed E-state index contributed by atoms with van der Waals surface area (Å²) in [4.78, 5) is 6.71. The van der Waals surface area contributed by atoms with Crippen molar-refractivity contribution in [2.45, 2.75) is 12.3 Å². The second-order valence-corrected chi connectivity index (χ2v) is 4.79. The molecule has 1 unspecified atom stereocenters. The Labute approximate surface area is 107 Å². The van der Waals surface area contributed by atoms with E-state index in [-0.39, 0.29) is 0 Å². The van der Waals surface area contributed by atoms with Gasteiger partial charge in [0, 0.05) is 37.0 Å². The molecule has 3 heteroatoms. The highest BCUT2D eigenvalue weighted by Crippen LogP contribution is 2.30. The molecule has 18 heavy (non-hydrogen) atoms. The molecule has 1 saturated heterocycles. The zero-order chi connectivity index (χ0) is 12.4. The van der Waals surface area contributed by atoms with Gasteiger partial charge in [0.1, 0.15) is 5.82 Å². The van der Waals surface area contributed by atoms with Crippen molar-refractivity contribution in [1.29, 1.82) is 0 Å². The summed E-state index contributed by atoms with van der Waals surface area (Å²) in [5.74, 6) is 1.60. The first-order valence-electron chi connectivity index (χ1n) is 6.34. The predicted octanol–water partition coefficient (Wildman–Crippen LogP) is 2.66. The first kappa shape index (κ1) is 11.1. The van der Waals surface area contributed by atoms with Crippen molar-refractivity contribution < 1.29 is 0 Å². The Kier molecular flexibility index (Phi) is 2.89. The van der Waals surface area contributed by atoms with Crippen molar-refractivity contribution >= 4 is 11.5 Å². The molecule has 2 N–H and O–H groups in total. The highest BCUT2D eigenvalue weighted by atomic mass is 15.2. The molecule has 1 aliphatic heterocycles. The van der Waals surface area contributed by atoms with E-state index in [0.717, 1.165) is 24.6 Å². The lowest BCUT2D eigenvalue weighted by Gasteiger charge is -2.17. The molecule has 1 fully saturated rings. The van der Waals surface area contributed by atoms with Gasteiger partial charge in [-0.1, -0.05) is 30.3 Å². The van der Waals surface area contributed by atoms with Gasteiger partial charge >= 0.3 is 0 Å². The molecular formula is C15H17N3. The second-order valence-electron chi connectivity index (χ2n) is 4.79. The SMILES string of the molecule is Nc1ccnc(N2CCC(c3ccccc3)C2)c1. The van der Waals surface area contributed by atoms with Crippen LogP contribution in [-0.2, 0) is 0 Å². The second kappa shape index (κ2) is 4.69. The Morgan fingerprint density at radius 1 is 1.17 bits per heavy atom. The van der Waals surface area contributed by atoms with E-state index in [2.05, 4.69) is 40.2 Å². The maximum atomic E-state index is 5.81. The molecule has 2 heterocycles. The maximum Gasteiger partial charge on any atom is 0.130 e.